The van der Waals surface area contributed by atoms with E-state index in [4.69, 9.17) is 9.47 Å². The largest absolute Gasteiger partial charge is 0.496 e. The number of rotatable bonds is 5. The highest BCUT2D eigenvalue weighted by Crippen LogP contribution is 2.37. The molecule has 0 radical (unpaired) electrons. The molecule has 0 aliphatic carbocycles. The van der Waals surface area contributed by atoms with E-state index in [0.29, 0.717) is 12.3 Å². The molecular weight excluding hydrogens is 328 g/mol. The molecule has 3 heterocycles. The molecule has 1 aromatic carbocycles. The van der Waals surface area contributed by atoms with E-state index in [1.165, 1.54) is 0 Å². The molecule has 2 bridgehead atoms. The monoisotopic (exact) mass is 352 g/mol. The lowest BCUT2D eigenvalue weighted by molar-refractivity contribution is -0.136. The lowest BCUT2D eigenvalue weighted by atomic mass is 9.98. The van der Waals surface area contributed by atoms with Gasteiger partial charge in [0.25, 0.3) is 0 Å². The molecule has 26 heavy (non-hydrogen) atoms. The van der Waals surface area contributed by atoms with E-state index in [1.807, 2.05) is 42.5 Å². The van der Waals surface area contributed by atoms with Crippen LogP contribution >= 0.6 is 0 Å². The molecule has 5 heteroatoms. The quantitative estimate of drug-likeness (QED) is 0.829. The van der Waals surface area contributed by atoms with Crippen molar-refractivity contribution in [2.24, 2.45) is 0 Å². The molecule has 0 spiro atoms. The number of nitrogens with zero attached hydrogens (tertiary/aromatic N) is 2. The normalized spacial score (nSPS) is 24.3. The van der Waals surface area contributed by atoms with Crippen molar-refractivity contribution < 1.29 is 14.3 Å². The molecule has 2 unspecified atom stereocenters. The molecule has 2 saturated heterocycles. The Morgan fingerprint density at radius 1 is 1.12 bits per heavy atom. The predicted molar refractivity (Wildman–Crippen MR) is 98.2 cm³/mol. The molecule has 2 aliphatic heterocycles. The van der Waals surface area contributed by atoms with Crippen molar-refractivity contribution >= 4 is 5.91 Å². The zero-order valence-electron chi connectivity index (χ0n) is 15.0. The van der Waals surface area contributed by atoms with Gasteiger partial charge in [0, 0.05) is 42.8 Å². The van der Waals surface area contributed by atoms with Crippen molar-refractivity contribution in [3.05, 3.63) is 54.2 Å². The van der Waals surface area contributed by atoms with E-state index in [0.717, 1.165) is 37.0 Å². The van der Waals surface area contributed by atoms with E-state index < -0.39 is 0 Å². The number of piperidine rings is 1. The number of pyridine rings is 1. The second-order valence-electron chi connectivity index (χ2n) is 7.05. The van der Waals surface area contributed by atoms with Gasteiger partial charge in [-0.05, 0) is 25.0 Å². The van der Waals surface area contributed by atoms with Gasteiger partial charge < -0.3 is 14.4 Å². The van der Waals surface area contributed by atoms with Crippen LogP contribution < -0.4 is 9.47 Å². The summed E-state index contributed by atoms with van der Waals surface area (Å²) < 4.78 is 11.4. The number of methoxy groups -OCH3 is 1. The second-order valence-corrected chi connectivity index (χ2v) is 7.05. The van der Waals surface area contributed by atoms with Crippen LogP contribution in [-0.4, -0.2) is 41.1 Å². The smallest absolute Gasteiger partial charge is 0.227 e. The third-order valence-corrected chi connectivity index (χ3v) is 5.44. The summed E-state index contributed by atoms with van der Waals surface area (Å²) in [6.45, 7) is 0. The van der Waals surface area contributed by atoms with Gasteiger partial charge in [-0.2, -0.15) is 0 Å². The number of carbonyl (C=O) groups is 1. The van der Waals surface area contributed by atoms with Crippen LogP contribution in [0.25, 0.3) is 0 Å². The molecule has 1 amide bonds. The van der Waals surface area contributed by atoms with Crippen molar-refractivity contribution in [2.45, 2.75) is 50.3 Å². The molecule has 0 saturated carbocycles. The van der Waals surface area contributed by atoms with Crippen LogP contribution in [0, 0.1) is 0 Å². The third kappa shape index (κ3) is 3.39. The average molecular weight is 352 g/mol. The average Bonchev–Trinajstić information content (AvgIpc) is 2.94. The van der Waals surface area contributed by atoms with Gasteiger partial charge in [0.2, 0.25) is 11.8 Å². The fourth-order valence-electron chi connectivity index (χ4n) is 4.32. The Hall–Kier alpha value is -2.56. The summed E-state index contributed by atoms with van der Waals surface area (Å²) in [7, 11) is 1.65. The molecule has 136 valence electrons. The van der Waals surface area contributed by atoms with Crippen LogP contribution in [0.3, 0.4) is 0 Å². The molecule has 5 nitrogen and oxygen atoms in total. The van der Waals surface area contributed by atoms with Gasteiger partial charge in [0.05, 0.1) is 13.5 Å². The molecule has 2 aromatic rings. The van der Waals surface area contributed by atoms with Crippen molar-refractivity contribution in [3.63, 3.8) is 0 Å². The zero-order chi connectivity index (χ0) is 17.9. The number of para-hydroxylation sites is 1. The standard InChI is InChI=1S/C21H24N2O3/c1-25-19-7-3-2-6-15(19)12-21(24)23-16-9-10-17(23)14-18(13-16)26-20-8-4-5-11-22-20/h2-8,11,16-18H,9-10,12-14H2,1H3. The summed E-state index contributed by atoms with van der Waals surface area (Å²) in [5, 5.41) is 0. The summed E-state index contributed by atoms with van der Waals surface area (Å²) in [4.78, 5) is 19.3. The van der Waals surface area contributed by atoms with Crippen LogP contribution in [0.4, 0.5) is 0 Å². The number of aromatic nitrogens is 1. The van der Waals surface area contributed by atoms with Crippen LogP contribution in [-0.2, 0) is 11.2 Å². The van der Waals surface area contributed by atoms with Crippen molar-refractivity contribution in [3.8, 4) is 11.6 Å². The van der Waals surface area contributed by atoms with Gasteiger partial charge in [-0.15, -0.1) is 0 Å². The highest BCUT2D eigenvalue weighted by atomic mass is 16.5. The van der Waals surface area contributed by atoms with E-state index in [1.54, 1.807) is 13.3 Å². The predicted octanol–water partition coefficient (Wildman–Crippen LogP) is 3.23. The molecule has 0 N–H and O–H groups in total. The Kier molecular flexibility index (Phi) is 4.78. The summed E-state index contributed by atoms with van der Waals surface area (Å²) in [6.07, 6.45) is 6.15. The number of carbonyl (C=O) groups excluding carboxylic acids is 1. The fraction of sp³-hybridized carbons (Fsp3) is 0.429. The maximum absolute atomic E-state index is 13.0. The van der Waals surface area contributed by atoms with E-state index in [-0.39, 0.29) is 24.1 Å². The maximum atomic E-state index is 13.0. The van der Waals surface area contributed by atoms with E-state index >= 15 is 0 Å². The topological polar surface area (TPSA) is 51.7 Å². The molecule has 1 aromatic heterocycles. The minimum atomic E-state index is 0.137. The molecule has 2 aliphatic rings. The van der Waals surface area contributed by atoms with Crippen molar-refractivity contribution in [1.29, 1.82) is 0 Å². The van der Waals surface area contributed by atoms with Crippen LogP contribution in [0.15, 0.2) is 48.7 Å². The fourth-order valence-corrected chi connectivity index (χ4v) is 4.32. The number of hydrogen-bond acceptors (Lipinski definition) is 4. The van der Waals surface area contributed by atoms with Crippen LogP contribution in [0.5, 0.6) is 11.6 Å². The van der Waals surface area contributed by atoms with Crippen molar-refractivity contribution in [1.82, 2.24) is 9.88 Å². The van der Waals surface area contributed by atoms with Gasteiger partial charge in [-0.3, -0.25) is 4.79 Å². The Bertz CT molecular complexity index is 751. The first-order valence-corrected chi connectivity index (χ1v) is 9.25. The zero-order valence-corrected chi connectivity index (χ0v) is 15.0. The van der Waals surface area contributed by atoms with Gasteiger partial charge in [0.15, 0.2) is 0 Å². The number of fused-ring (bicyclic) bond motifs is 2. The second kappa shape index (κ2) is 7.36. The SMILES string of the molecule is COc1ccccc1CC(=O)N1C2CCC1CC(Oc1ccccn1)C2. The van der Waals surface area contributed by atoms with E-state index in [2.05, 4.69) is 9.88 Å². The minimum absolute atomic E-state index is 0.137. The number of hydrogen-bond donors (Lipinski definition) is 0. The Morgan fingerprint density at radius 3 is 2.54 bits per heavy atom. The molecular formula is C21H24N2O3. The maximum Gasteiger partial charge on any atom is 0.227 e. The highest BCUT2D eigenvalue weighted by Gasteiger charge is 2.44. The lowest BCUT2D eigenvalue weighted by Crippen LogP contribution is -2.49. The number of amides is 1. The van der Waals surface area contributed by atoms with Crippen LogP contribution in [0.2, 0.25) is 0 Å². The third-order valence-electron chi connectivity index (χ3n) is 5.44. The Balaban J connectivity index is 1.42. The van der Waals surface area contributed by atoms with Gasteiger partial charge in [-0.1, -0.05) is 24.3 Å². The molecule has 2 fully saturated rings. The van der Waals surface area contributed by atoms with Crippen LogP contribution in [0.1, 0.15) is 31.2 Å². The number of ether oxygens (including phenoxy) is 2. The minimum Gasteiger partial charge on any atom is -0.496 e. The summed E-state index contributed by atoms with van der Waals surface area (Å²) in [6, 6.07) is 14.0. The molecule has 2 atom stereocenters. The van der Waals surface area contributed by atoms with Crippen molar-refractivity contribution in [2.75, 3.05) is 7.11 Å². The first kappa shape index (κ1) is 16.9. The van der Waals surface area contributed by atoms with Gasteiger partial charge in [0.1, 0.15) is 11.9 Å². The van der Waals surface area contributed by atoms with E-state index in [9.17, 15) is 4.79 Å². The number of benzene rings is 1. The highest BCUT2D eigenvalue weighted by molar-refractivity contribution is 5.80. The lowest BCUT2D eigenvalue weighted by Gasteiger charge is -2.39. The Morgan fingerprint density at radius 2 is 1.85 bits per heavy atom. The summed E-state index contributed by atoms with van der Waals surface area (Å²) in [5.41, 5.74) is 0.950. The molecule has 4 rings (SSSR count). The Labute approximate surface area is 153 Å². The summed E-state index contributed by atoms with van der Waals surface area (Å²) >= 11 is 0. The first-order chi connectivity index (χ1) is 12.7. The van der Waals surface area contributed by atoms with Gasteiger partial charge >= 0.3 is 0 Å². The first-order valence-electron chi connectivity index (χ1n) is 9.25. The summed E-state index contributed by atoms with van der Waals surface area (Å²) in [5.74, 6) is 1.64. The van der Waals surface area contributed by atoms with Gasteiger partial charge in [-0.25, -0.2) is 4.98 Å².